The molecule has 1 aromatic rings. The van der Waals surface area contributed by atoms with Crippen LogP contribution in [-0.2, 0) is 9.53 Å². The van der Waals surface area contributed by atoms with Crippen molar-refractivity contribution in [2.75, 3.05) is 13.7 Å². The van der Waals surface area contributed by atoms with Crippen LogP contribution in [0, 0.1) is 9.49 Å². The number of ether oxygens (including phenoxy) is 1. The molecule has 3 rings (SSSR count). The molecule has 120 valence electrons. The number of rotatable bonds is 4. The minimum Gasteiger partial charge on any atom is -0.469 e. The summed E-state index contributed by atoms with van der Waals surface area (Å²) in [5, 5.41) is 0. The van der Waals surface area contributed by atoms with Gasteiger partial charge < -0.3 is 4.74 Å². The maximum absolute atomic E-state index is 12.5. The first-order chi connectivity index (χ1) is 10.7. The molecule has 2 aliphatic heterocycles. The van der Waals surface area contributed by atoms with Crippen LogP contribution in [0.25, 0.3) is 0 Å². The van der Waals surface area contributed by atoms with E-state index in [0.717, 1.165) is 25.8 Å². The second kappa shape index (κ2) is 6.87. The number of nitrogens with zero attached hydrogens (tertiary/aromatic N) is 1. The van der Waals surface area contributed by atoms with Crippen LogP contribution in [0.3, 0.4) is 0 Å². The van der Waals surface area contributed by atoms with Gasteiger partial charge in [0.25, 0.3) is 0 Å². The number of hydrogen-bond acceptors (Lipinski definition) is 3. The van der Waals surface area contributed by atoms with Crippen LogP contribution in [0.2, 0.25) is 0 Å². The molecule has 4 unspecified atom stereocenters. The maximum Gasteiger partial charge on any atom is 0.310 e. The summed E-state index contributed by atoms with van der Waals surface area (Å²) in [7, 11) is 1.53. The van der Waals surface area contributed by atoms with Gasteiger partial charge >= 0.3 is 5.97 Å². The van der Waals surface area contributed by atoms with Crippen LogP contribution in [0.5, 0.6) is 0 Å². The van der Waals surface area contributed by atoms with Crippen molar-refractivity contribution in [2.45, 2.75) is 50.6 Å². The van der Waals surface area contributed by atoms with Crippen molar-refractivity contribution in [3.63, 3.8) is 0 Å². The summed E-state index contributed by atoms with van der Waals surface area (Å²) in [5.74, 6) is 0.250. The van der Waals surface area contributed by atoms with Crippen molar-refractivity contribution in [1.29, 1.82) is 0 Å². The first-order valence-electron chi connectivity index (χ1n) is 8.24. The van der Waals surface area contributed by atoms with Gasteiger partial charge in [-0.1, -0.05) is 19.1 Å². The highest BCUT2D eigenvalue weighted by Crippen LogP contribution is 2.47. The van der Waals surface area contributed by atoms with Gasteiger partial charge in [0.2, 0.25) is 0 Å². The predicted octanol–water partition coefficient (Wildman–Crippen LogP) is 3.81. The number of esters is 1. The molecule has 4 atom stereocenters. The predicted molar refractivity (Wildman–Crippen MR) is 95.8 cm³/mol. The number of fused-ring (bicyclic) bond motifs is 2. The van der Waals surface area contributed by atoms with Gasteiger partial charge in [-0.3, -0.25) is 9.69 Å². The molecule has 2 fully saturated rings. The zero-order valence-corrected chi connectivity index (χ0v) is 15.5. The van der Waals surface area contributed by atoms with Gasteiger partial charge in [-0.2, -0.15) is 0 Å². The van der Waals surface area contributed by atoms with E-state index in [1.807, 2.05) is 0 Å². The summed E-state index contributed by atoms with van der Waals surface area (Å²) in [4.78, 5) is 15.1. The first kappa shape index (κ1) is 16.2. The molecule has 1 aromatic carbocycles. The lowest BCUT2D eigenvalue weighted by Crippen LogP contribution is -2.51. The minimum atomic E-state index is -0.0324. The third kappa shape index (κ3) is 2.92. The van der Waals surface area contributed by atoms with E-state index < -0.39 is 0 Å². The van der Waals surface area contributed by atoms with Crippen LogP contribution in [0.15, 0.2) is 24.3 Å². The van der Waals surface area contributed by atoms with Gasteiger partial charge in [-0.15, -0.1) is 0 Å². The SMILES string of the molecule is CCCN1C2CCC1C(C(=O)OC)C(c1ccc(I)cc1)C2. The Balaban J connectivity index is 1.92. The van der Waals surface area contributed by atoms with Gasteiger partial charge in [-0.25, -0.2) is 0 Å². The maximum atomic E-state index is 12.5. The van der Waals surface area contributed by atoms with E-state index in [2.05, 4.69) is 58.7 Å². The van der Waals surface area contributed by atoms with E-state index in [4.69, 9.17) is 4.74 Å². The fourth-order valence-electron chi connectivity index (χ4n) is 4.43. The van der Waals surface area contributed by atoms with E-state index in [1.54, 1.807) is 0 Å². The monoisotopic (exact) mass is 413 g/mol. The van der Waals surface area contributed by atoms with Crippen LogP contribution in [0.1, 0.15) is 44.1 Å². The Hall–Kier alpha value is -0.620. The van der Waals surface area contributed by atoms with Crippen LogP contribution < -0.4 is 0 Å². The summed E-state index contributed by atoms with van der Waals surface area (Å²) in [6.45, 7) is 3.32. The van der Waals surface area contributed by atoms with Gasteiger partial charge in [0, 0.05) is 21.6 Å². The molecule has 22 heavy (non-hydrogen) atoms. The van der Waals surface area contributed by atoms with Crippen molar-refractivity contribution in [3.8, 4) is 0 Å². The van der Waals surface area contributed by atoms with Crippen LogP contribution >= 0.6 is 22.6 Å². The highest BCUT2D eigenvalue weighted by Gasteiger charge is 2.50. The fraction of sp³-hybridized carbons (Fsp3) is 0.611. The zero-order chi connectivity index (χ0) is 15.7. The largest absolute Gasteiger partial charge is 0.469 e. The van der Waals surface area contributed by atoms with Gasteiger partial charge in [0.1, 0.15) is 0 Å². The highest BCUT2D eigenvalue weighted by atomic mass is 127. The lowest BCUT2D eigenvalue weighted by atomic mass is 9.76. The topological polar surface area (TPSA) is 29.5 Å². The molecule has 0 amide bonds. The van der Waals surface area contributed by atoms with Gasteiger partial charge in [0.05, 0.1) is 13.0 Å². The summed E-state index contributed by atoms with van der Waals surface area (Å²) in [6, 6.07) is 9.66. The standard InChI is InChI=1S/C18H24INO2/c1-3-10-20-14-8-9-16(20)17(18(21)22-2)15(11-14)12-4-6-13(19)7-5-12/h4-7,14-17H,3,8-11H2,1-2H3. The molecule has 2 saturated heterocycles. The van der Waals surface area contributed by atoms with Crippen molar-refractivity contribution in [2.24, 2.45) is 5.92 Å². The molecule has 0 N–H and O–H groups in total. The average Bonchev–Trinajstić information content (AvgIpc) is 2.80. The second-order valence-electron chi connectivity index (χ2n) is 6.48. The Morgan fingerprint density at radius 2 is 2.05 bits per heavy atom. The summed E-state index contributed by atoms with van der Waals surface area (Å²) in [6.07, 6.45) is 4.58. The van der Waals surface area contributed by atoms with Crippen LogP contribution in [0.4, 0.5) is 0 Å². The third-order valence-corrected chi connectivity index (χ3v) is 6.04. The quantitative estimate of drug-likeness (QED) is 0.556. The lowest BCUT2D eigenvalue weighted by Gasteiger charge is -2.43. The Labute approximate surface area is 146 Å². The summed E-state index contributed by atoms with van der Waals surface area (Å²) < 4.78 is 6.41. The lowest BCUT2D eigenvalue weighted by molar-refractivity contribution is -0.150. The molecule has 0 spiro atoms. The van der Waals surface area contributed by atoms with Crippen molar-refractivity contribution in [1.82, 2.24) is 4.90 Å². The van der Waals surface area contributed by atoms with Crippen molar-refractivity contribution >= 4 is 28.6 Å². The Morgan fingerprint density at radius 1 is 1.32 bits per heavy atom. The number of benzene rings is 1. The van der Waals surface area contributed by atoms with E-state index in [-0.39, 0.29) is 11.9 Å². The van der Waals surface area contributed by atoms with Gasteiger partial charge in [0.15, 0.2) is 0 Å². The molecule has 0 aromatic heterocycles. The Bertz CT molecular complexity index is 530. The first-order valence-corrected chi connectivity index (χ1v) is 9.32. The molecule has 0 saturated carbocycles. The fourth-order valence-corrected chi connectivity index (χ4v) is 4.79. The van der Waals surface area contributed by atoms with Gasteiger partial charge in [-0.05, 0) is 72.5 Å². The average molecular weight is 413 g/mol. The molecule has 0 aliphatic carbocycles. The molecule has 2 heterocycles. The van der Waals surface area contributed by atoms with E-state index >= 15 is 0 Å². The normalized spacial score (nSPS) is 31.2. The molecular formula is C18H24INO2. The van der Waals surface area contributed by atoms with Crippen molar-refractivity contribution in [3.05, 3.63) is 33.4 Å². The van der Waals surface area contributed by atoms with E-state index in [0.29, 0.717) is 18.0 Å². The third-order valence-electron chi connectivity index (χ3n) is 5.32. The highest BCUT2D eigenvalue weighted by molar-refractivity contribution is 14.1. The van der Waals surface area contributed by atoms with Crippen LogP contribution in [-0.4, -0.2) is 36.6 Å². The molecule has 2 bridgehead atoms. The molecule has 4 heteroatoms. The Kier molecular flexibility index (Phi) is 5.07. The smallest absolute Gasteiger partial charge is 0.310 e. The molecule has 3 nitrogen and oxygen atoms in total. The number of halogens is 1. The summed E-state index contributed by atoms with van der Waals surface area (Å²) in [5.41, 5.74) is 1.30. The number of piperidine rings is 1. The zero-order valence-electron chi connectivity index (χ0n) is 13.3. The molecule has 2 aliphatic rings. The number of carbonyl (C=O) groups excluding carboxylic acids is 1. The summed E-state index contributed by atoms with van der Waals surface area (Å²) >= 11 is 2.33. The molecular weight excluding hydrogens is 389 g/mol. The van der Waals surface area contributed by atoms with Crippen molar-refractivity contribution < 1.29 is 9.53 Å². The Morgan fingerprint density at radius 3 is 2.68 bits per heavy atom. The number of carbonyl (C=O) groups is 1. The van der Waals surface area contributed by atoms with E-state index in [1.165, 1.54) is 22.7 Å². The second-order valence-corrected chi connectivity index (χ2v) is 7.72. The number of hydrogen-bond donors (Lipinski definition) is 0. The molecule has 0 radical (unpaired) electrons. The minimum absolute atomic E-state index is 0.0182. The van der Waals surface area contributed by atoms with E-state index in [9.17, 15) is 4.79 Å². The number of methoxy groups -OCH3 is 1.